The molecule has 1 aliphatic heterocycles. The molecule has 1 aromatic carbocycles. The molecule has 0 bridgehead atoms. The highest BCUT2D eigenvalue weighted by Crippen LogP contribution is 2.16. The van der Waals surface area contributed by atoms with Crippen LogP contribution in [0.15, 0.2) is 55.0 Å². The number of fused-ring (bicyclic) bond motifs is 1. The third-order valence-electron chi connectivity index (χ3n) is 4.83. The van der Waals surface area contributed by atoms with E-state index in [1.807, 2.05) is 18.2 Å². The zero-order valence-corrected chi connectivity index (χ0v) is 14.8. The lowest BCUT2D eigenvalue weighted by atomic mass is 10.0. The van der Waals surface area contributed by atoms with Crippen molar-refractivity contribution in [3.05, 3.63) is 66.2 Å². The fourth-order valence-corrected chi connectivity index (χ4v) is 3.39. The molecule has 2 aromatic heterocycles. The van der Waals surface area contributed by atoms with Gasteiger partial charge in [-0.1, -0.05) is 6.07 Å². The number of aliphatic hydroxyl groups is 1. The van der Waals surface area contributed by atoms with Crippen LogP contribution in [-0.2, 0) is 6.54 Å². The van der Waals surface area contributed by atoms with Gasteiger partial charge in [-0.15, -0.1) is 0 Å². The lowest BCUT2D eigenvalue weighted by molar-refractivity contribution is 0.0345. The summed E-state index contributed by atoms with van der Waals surface area (Å²) in [7, 11) is 0. The molecule has 2 N–H and O–H groups in total. The molecular formula is C20H21N5O2. The molecule has 27 heavy (non-hydrogen) atoms. The zero-order valence-electron chi connectivity index (χ0n) is 14.8. The number of likely N-dealkylation sites (tertiary alicyclic amines) is 1. The van der Waals surface area contributed by atoms with Crippen LogP contribution in [0.5, 0.6) is 0 Å². The molecule has 3 aromatic rings. The predicted octanol–water partition coefficient (Wildman–Crippen LogP) is 1.39. The van der Waals surface area contributed by atoms with Gasteiger partial charge in [-0.05, 0) is 36.8 Å². The second kappa shape index (κ2) is 7.77. The van der Waals surface area contributed by atoms with E-state index in [0.717, 1.165) is 17.8 Å². The van der Waals surface area contributed by atoms with E-state index in [1.54, 1.807) is 36.8 Å². The van der Waals surface area contributed by atoms with Gasteiger partial charge >= 0.3 is 0 Å². The van der Waals surface area contributed by atoms with E-state index in [2.05, 4.69) is 25.2 Å². The molecule has 2 atom stereocenters. The number of aromatic nitrogens is 3. The van der Waals surface area contributed by atoms with Gasteiger partial charge in [0, 0.05) is 43.8 Å². The van der Waals surface area contributed by atoms with Crippen molar-refractivity contribution in [1.29, 1.82) is 0 Å². The summed E-state index contributed by atoms with van der Waals surface area (Å²) in [6, 6.07) is 10.8. The first-order valence-electron chi connectivity index (χ1n) is 9.01. The van der Waals surface area contributed by atoms with E-state index in [1.165, 1.54) is 0 Å². The van der Waals surface area contributed by atoms with Crippen molar-refractivity contribution in [2.45, 2.75) is 25.1 Å². The van der Waals surface area contributed by atoms with Crippen LogP contribution < -0.4 is 5.32 Å². The number of hydrogen-bond acceptors (Lipinski definition) is 6. The van der Waals surface area contributed by atoms with Gasteiger partial charge in [-0.2, -0.15) is 0 Å². The first kappa shape index (κ1) is 17.5. The van der Waals surface area contributed by atoms with Gasteiger partial charge < -0.3 is 10.4 Å². The first-order valence-corrected chi connectivity index (χ1v) is 9.01. The van der Waals surface area contributed by atoms with Crippen LogP contribution in [0.1, 0.15) is 22.5 Å². The first-order chi connectivity index (χ1) is 13.2. The van der Waals surface area contributed by atoms with Crippen LogP contribution >= 0.6 is 0 Å². The lowest BCUT2D eigenvalue weighted by Crippen LogP contribution is -2.53. The Kier molecular flexibility index (Phi) is 5.04. The largest absolute Gasteiger partial charge is 0.390 e. The smallest absolute Gasteiger partial charge is 0.251 e. The molecule has 0 saturated carbocycles. The van der Waals surface area contributed by atoms with Crippen molar-refractivity contribution in [2.75, 3.05) is 13.1 Å². The summed E-state index contributed by atoms with van der Waals surface area (Å²) >= 11 is 0. The predicted molar refractivity (Wildman–Crippen MR) is 101 cm³/mol. The normalized spacial score (nSPS) is 20.5. The molecule has 1 aliphatic rings. The Bertz CT molecular complexity index is 934. The summed E-state index contributed by atoms with van der Waals surface area (Å²) in [5, 5.41) is 13.4. The number of piperidine rings is 1. The number of nitrogens with one attached hydrogen (secondary N) is 1. The van der Waals surface area contributed by atoms with Crippen molar-refractivity contribution in [3.63, 3.8) is 0 Å². The number of β-amino-alcohol motifs (C(OH)–C–C–N with tert-alkyl or cyclic N) is 1. The van der Waals surface area contributed by atoms with Gasteiger partial charge in [-0.25, -0.2) is 0 Å². The Morgan fingerprint density at radius 1 is 1.11 bits per heavy atom. The molecule has 7 heteroatoms. The maximum atomic E-state index is 12.6. The van der Waals surface area contributed by atoms with Gasteiger partial charge in [0.05, 0.1) is 28.9 Å². The minimum atomic E-state index is -0.619. The monoisotopic (exact) mass is 363 g/mol. The molecule has 4 rings (SSSR count). The van der Waals surface area contributed by atoms with Crippen LogP contribution in [0.4, 0.5) is 0 Å². The highest BCUT2D eigenvalue weighted by atomic mass is 16.3. The number of nitrogens with zero attached hydrogens (tertiary/aromatic N) is 4. The summed E-state index contributed by atoms with van der Waals surface area (Å²) in [6.07, 6.45) is 5.06. The van der Waals surface area contributed by atoms with Crippen molar-refractivity contribution in [3.8, 4) is 0 Å². The molecule has 3 heterocycles. The fourth-order valence-electron chi connectivity index (χ4n) is 3.39. The Labute approximate surface area is 157 Å². The molecule has 1 saturated heterocycles. The average Bonchev–Trinajstić information content (AvgIpc) is 2.70. The number of hydrogen-bond donors (Lipinski definition) is 2. The molecule has 1 amide bonds. The number of rotatable bonds is 4. The van der Waals surface area contributed by atoms with E-state index in [-0.39, 0.29) is 11.9 Å². The molecule has 0 aliphatic carbocycles. The van der Waals surface area contributed by atoms with Crippen LogP contribution in [-0.4, -0.2) is 56.1 Å². The quantitative estimate of drug-likeness (QED) is 0.728. The Morgan fingerprint density at radius 3 is 2.74 bits per heavy atom. The Hall–Kier alpha value is -2.90. The Balaban J connectivity index is 1.37. The summed E-state index contributed by atoms with van der Waals surface area (Å²) in [4.78, 5) is 27.5. The number of carbonyl (C=O) groups is 1. The maximum absolute atomic E-state index is 12.6. The molecule has 0 radical (unpaired) electrons. The van der Waals surface area contributed by atoms with Crippen LogP contribution in [0.3, 0.4) is 0 Å². The standard InChI is InChI=1S/C20H21N5O2/c26-19-13-25(12-15-3-1-2-7-21-15)10-6-17(19)24-20(27)14-4-5-16-18(11-14)23-9-8-22-16/h1-5,7-9,11,17,19,26H,6,10,12-13H2,(H,24,27)/t17-,19-/m1/s1. The molecule has 0 spiro atoms. The SMILES string of the molecule is O=C(N[C@@H]1CCN(Cc2ccccn2)C[C@H]1O)c1ccc2nccnc2c1. The summed E-state index contributed by atoms with van der Waals surface area (Å²) < 4.78 is 0. The number of pyridine rings is 1. The van der Waals surface area contributed by atoms with Crippen LogP contribution in [0.25, 0.3) is 11.0 Å². The molecule has 138 valence electrons. The fraction of sp³-hybridized carbons (Fsp3) is 0.300. The summed E-state index contributed by atoms with van der Waals surface area (Å²) in [6.45, 7) is 1.99. The van der Waals surface area contributed by atoms with Gasteiger partial charge in [0.15, 0.2) is 0 Å². The van der Waals surface area contributed by atoms with Crippen molar-refractivity contribution < 1.29 is 9.90 Å². The van der Waals surface area contributed by atoms with E-state index < -0.39 is 6.10 Å². The Morgan fingerprint density at radius 2 is 1.96 bits per heavy atom. The van der Waals surface area contributed by atoms with Gasteiger partial charge in [0.25, 0.3) is 5.91 Å². The summed E-state index contributed by atoms with van der Waals surface area (Å²) in [5.41, 5.74) is 2.92. The average molecular weight is 363 g/mol. The zero-order chi connectivity index (χ0) is 18.6. The third-order valence-corrected chi connectivity index (χ3v) is 4.83. The maximum Gasteiger partial charge on any atom is 0.251 e. The van der Waals surface area contributed by atoms with E-state index in [0.29, 0.717) is 30.6 Å². The van der Waals surface area contributed by atoms with Gasteiger partial charge in [0.1, 0.15) is 0 Å². The minimum Gasteiger partial charge on any atom is -0.390 e. The van der Waals surface area contributed by atoms with Crippen LogP contribution in [0, 0.1) is 0 Å². The third kappa shape index (κ3) is 4.10. The molecule has 0 unspecified atom stereocenters. The topological polar surface area (TPSA) is 91.2 Å². The van der Waals surface area contributed by atoms with Gasteiger partial charge in [-0.3, -0.25) is 24.6 Å². The summed E-state index contributed by atoms with van der Waals surface area (Å²) in [5.74, 6) is -0.204. The number of carbonyl (C=O) groups excluding carboxylic acids is 1. The lowest BCUT2D eigenvalue weighted by Gasteiger charge is -2.36. The van der Waals surface area contributed by atoms with Gasteiger partial charge in [0.2, 0.25) is 0 Å². The van der Waals surface area contributed by atoms with E-state index >= 15 is 0 Å². The van der Waals surface area contributed by atoms with Crippen molar-refractivity contribution >= 4 is 16.9 Å². The number of aliphatic hydroxyl groups excluding tert-OH is 1. The van der Waals surface area contributed by atoms with E-state index in [4.69, 9.17) is 0 Å². The second-order valence-corrected chi connectivity index (χ2v) is 6.75. The molecule has 7 nitrogen and oxygen atoms in total. The molecular weight excluding hydrogens is 342 g/mol. The number of benzene rings is 1. The highest BCUT2D eigenvalue weighted by molar-refractivity contribution is 5.97. The van der Waals surface area contributed by atoms with Crippen molar-refractivity contribution in [2.24, 2.45) is 0 Å². The molecule has 1 fully saturated rings. The minimum absolute atomic E-state index is 0.204. The second-order valence-electron chi connectivity index (χ2n) is 6.75. The highest BCUT2D eigenvalue weighted by Gasteiger charge is 2.29. The number of amides is 1. The van der Waals surface area contributed by atoms with E-state index in [9.17, 15) is 9.90 Å². The van der Waals surface area contributed by atoms with Crippen LogP contribution in [0.2, 0.25) is 0 Å². The van der Waals surface area contributed by atoms with Crippen molar-refractivity contribution in [1.82, 2.24) is 25.2 Å².